The van der Waals surface area contributed by atoms with Gasteiger partial charge in [0.15, 0.2) is 0 Å². The van der Waals surface area contributed by atoms with Crippen molar-refractivity contribution in [3.05, 3.63) is 29.3 Å². The molecule has 1 heterocycles. The Balaban J connectivity index is 1.94. The van der Waals surface area contributed by atoms with Gasteiger partial charge in [0.1, 0.15) is 5.75 Å². The summed E-state index contributed by atoms with van der Waals surface area (Å²) in [7, 11) is 1.68. The lowest BCUT2D eigenvalue weighted by Crippen LogP contribution is -2.50. The Labute approximate surface area is 108 Å². The predicted octanol–water partition coefficient (Wildman–Crippen LogP) is 1.09. The summed E-state index contributed by atoms with van der Waals surface area (Å²) in [6.45, 7) is 4.29. The molecule has 1 fully saturated rings. The van der Waals surface area contributed by atoms with Crippen molar-refractivity contribution in [1.82, 2.24) is 10.6 Å². The summed E-state index contributed by atoms with van der Waals surface area (Å²) in [6.07, 6.45) is 0.928. The number of hydrogen-bond acceptors (Lipinski definition) is 3. The Morgan fingerprint density at radius 3 is 2.83 bits per heavy atom. The van der Waals surface area contributed by atoms with Gasteiger partial charge in [-0.2, -0.15) is 0 Å². The largest absolute Gasteiger partial charge is 0.496 e. The molecule has 0 radical (unpaired) electrons. The number of hydrogen-bond donors (Lipinski definition) is 2. The van der Waals surface area contributed by atoms with E-state index in [0.717, 1.165) is 30.8 Å². The van der Waals surface area contributed by atoms with Crippen molar-refractivity contribution in [3.8, 4) is 5.75 Å². The van der Waals surface area contributed by atoms with Gasteiger partial charge in [0.05, 0.1) is 13.0 Å². The maximum absolute atomic E-state index is 11.7. The minimum atomic E-state index is 0.141. The Morgan fingerprint density at radius 2 is 2.28 bits per heavy atom. The second-order valence-electron chi connectivity index (χ2n) is 4.57. The summed E-state index contributed by atoms with van der Waals surface area (Å²) in [5, 5.41) is 6.07. The first-order valence-corrected chi connectivity index (χ1v) is 6.38. The van der Waals surface area contributed by atoms with Gasteiger partial charge in [0.25, 0.3) is 0 Å². The molecule has 1 aromatic rings. The lowest BCUT2D eigenvalue weighted by atomic mass is 10.0. The van der Waals surface area contributed by atoms with Crippen molar-refractivity contribution in [2.45, 2.75) is 19.9 Å². The zero-order chi connectivity index (χ0) is 13.0. The molecule has 1 aliphatic heterocycles. The van der Waals surface area contributed by atoms with E-state index in [1.165, 1.54) is 5.56 Å². The molecule has 0 saturated carbocycles. The molecule has 1 saturated heterocycles. The van der Waals surface area contributed by atoms with Crippen LogP contribution in [0.2, 0.25) is 0 Å². The summed E-state index contributed by atoms with van der Waals surface area (Å²) in [5.74, 6) is 1.20. The maximum atomic E-state index is 11.7. The monoisotopic (exact) mass is 248 g/mol. The van der Waals surface area contributed by atoms with E-state index >= 15 is 0 Å². The van der Waals surface area contributed by atoms with E-state index in [1.54, 1.807) is 7.11 Å². The third-order valence-electron chi connectivity index (χ3n) is 3.34. The van der Waals surface area contributed by atoms with Crippen LogP contribution in [0.15, 0.2) is 18.2 Å². The number of benzene rings is 1. The molecule has 1 aliphatic rings. The second kappa shape index (κ2) is 5.87. The molecule has 18 heavy (non-hydrogen) atoms. The molecule has 0 unspecified atom stereocenters. The highest BCUT2D eigenvalue weighted by Crippen LogP contribution is 2.20. The van der Waals surface area contributed by atoms with Gasteiger partial charge in [-0.05, 0) is 23.6 Å². The van der Waals surface area contributed by atoms with Gasteiger partial charge in [0.2, 0.25) is 5.91 Å². The van der Waals surface area contributed by atoms with Gasteiger partial charge in [-0.15, -0.1) is 0 Å². The Kier molecular flexibility index (Phi) is 4.20. The van der Waals surface area contributed by atoms with E-state index in [-0.39, 0.29) is 11.8 Å². The van der Waals surface area contributed by atoms with Crippen molar-refractivity contribution in [2.24, 2.45) is 5.92 Å². The molecule has 0 aromatic heterocycles. The number of methoxy groups -OCH3 is 1. The molecule has 1 aromatic carbocycles. The smallest absolute Gasteiger partial charge is 0.225 e. The molecular formula is C14H20N2O2. The summed E-state index contributed by atoms with van der Waals surface area (Å²) in [4.78, 5) is 11.7. The fraction of sp³-hybridized carbons (Fsp3) is 0.500. The number of carbonyl (C=O) groups excluding carboxylic acids is 1. The number of ether oxygens (including phenoxy) is 1. The van der Waals surface area contributed by atoms with Crippen LogP contribution in [0.1, 0.15) is 18.1 Å². The van der Waals surface area contributed by atoms with Crippen molar-refractivity contribution >= 4 is 5.91 Å². The lowest BCUT2D eigenvalue weighted by Gasteiger charge is -2.25. The second-order valence-corrected chi connectivity index (χ2v) is 4.57. The standard InChI is InChI=1S/C14H20N2O2/c1-3-11-6-10(4-5-13(11)18-2)7-16-14(17)12-8-15-9-12/h4-6,12,15H,3,7-9H2,1-2H3,(H,16,17). The number of rotatable bonds is 5. The molecule has 0 spiro atoms. The number of aryl methyl sites for hydroxylation is 1. The molecule has 0 aliphatic carbocycles. The first-order chi connectivity index (χ1) is 8.74. The van der Waals surface area contributed by atoms with Crippen LogP contribution in [-0.2, 0) is 17.8 Å². The van der Waals surface area contributed by atoms with Gasteiger partial charge in [-0.1, -0.05) is 19.1 Å². The van der Waals surface area contributed by atoms with Crippen molar-refractivity contribution < 1.29 is 9.53 Å². The van der Waals surface area contributed by atoms with E-state index < -0.39 is 0 Å². The quantitative estimate of drug-likeness (QED) is 0.820. The predicted molar refractivity (Wildman–Crippen MR) is 70.6 cm³/mol. The van der Waals surface area contributed by atoms with Crippen LogP contribution in [0.5, 0.6) is 5.75 Å². The Bertz CT molecular complexity index is 428. The van der Waals surface area contributed by atoms with Gasteiger partial charge >= 0.3 is 0 Å². The van der Waals surface area contributed by atoms with E-state index in [4.69, 9.17) is 4.74 Å². The fourth-order valence-corrected chi connectivity index (χ4v) is 2.03. The van der Waals surface area contributed by atoms with Gasteiger partial charge in [0, 0.05) is 19.6 Å². The van der Waals surface area contributed by atoms with E-state index in [1.807, 2.05) is 12.1 Å². The highest BCUT2D eigenvalue weighted by Gasteiger charge is 2.24. The minimum Gasteiger partial charge on any atom is -0.496 e. The molecule has 98 valence electrons. The third-order valence-corrected chi connectivity index (χ3v) is 3.34. The highest BCUT2D eigenvalue weighted by atomic mass is 16.5. The molecular weight excluding hydrogens is 228 g/mol. The first-order valence-electron chi connectivity index (χ1n) is 6.38. The maximum Gasteiger partial charge on any atom is 0.225 e. The van der Waals surface area contributed by atoms with Gasteiger partial charge in [-0.3, -0.25) is 4.79 Å². The molecule has 4 nitrogen and oxygen atoms in total. The third kappa shape index (κ3) is 2.82. The average Bonchev–Trinajstić information content (AvgIpc) is 2.33. The van der Waals surface area contributed by atoms with Crippen LogP contribution in [0.4, 0.5) is 0 Å². The van der Waals surface area contributed by atoms with E-state index in [2.05, 4.69) is 23.6 Å². The molecule has 2 N–H and O–H groups in total. The number of carbonyl (C=O) groups is 1. The Hall–Kier alpha value is -1.55. The van der Waals surface area contributed by atoms with Gasteiger partial charge in [-0.25, -0.2) is 0 Å². The first kappa shape index (κ1) is 12.9. The summed E-state index contributed by atoms with van der Waals surface area (Å²) < 4.78 is 5.29. The minimum absolute atomic E-state index is 0.141. The van der Waals surface area contributed by atoms with Crippen molar-refractivity contribution in [3.63, 3.8) is 0 Å². The summed E-state index contributed by atoms with van der Waals surface area (Å²) >= 11 is 0. The lowest BCUT2D eigenvalue weighted by molar-refractivity contribution is -0.126. The van der Waals surface area contributed by atoms with Crippen LogP contribution < -0.4 is 15.4 Å². The molecule has 0 bridgehead atoms. The van der Waals surface area contributed by atoms with Crippen molar-refractivity contribution in [2.75, 3.05) is 20.2 Å². The van der Waals surface area contributed by atoms with E-state index in [9.17, 15) is 4.79 Å². The topological polar surface area (TPSA) is 50.4 Å². The number of amides is 1. The Morgan fingerprint density at radius 1 is 1.50 bits per heavy atom. The zero-order valence-electron chi connectivity index (χ0n) is 11.0. The zero-order valence-corrected chi connectivity index (χ0v) is 11.0. The summed E-state index contributed by atoms with van der Waals surface area (Å²) in [5.41, 5.74) is 2.29. The van der Waals surface area contributed by atoms with Crippen LogP contribution in [0.25, 0.3) is 0 Å². The molecule has 0 atom stereocenters. The average molecular weight is 248 g/mol. The SMILES string of the molecule is CCc1cc(CNC(=O)C2CNC2)ccc1OC. The van der Waals surface area contributed by atoms with Crippen LogP contribution >= 0.6 is 0 Å². The van der Waals surface area contributed by atoms with Crippen LogP contribution in [0, 0.1) is 5.92 Å². The molecule has 4 heteroatoms. The van der Waals surface area contributed by atoms with Crippen LogP contribution in [-0.4, -0.2) is 26.1 Å². The highest BCUT2D eigenvalue weighted by molar-refractivity contribution is 5.79. The number of nitrogens with one attached hydrogen (secondary N) is 2. The summed E-state index contributed by atoms with van der Waals surface area (Å²) in [6, 6.07) is 6.06. The molecule has 1 amide bonds. The molecule has 2 rings (SSSR count). The van der Waals surface area contributed by atoms with Crippen molar-refractivity contribution in [1.29, 1.82) is 0 Å². The van der Waals surface area contributed by atoms with E-state index in [0.29, 0.717) is 6.54 Å². The van der Waals surface area contributed by atoms with Crippen LogP contribution in [0.3, 0.4) is 0 Å². The van der Waals surface area contributed by atoms with Gasteiger partial charge < -0.3 is 15.4 Å². The normalized spacial score (nSPS) is 15.0. The fourth-order valence-electron chi connectivity index (χ4n) is 2.03.